The monoisotopic (exact) mass is 476 g/mol. The second-order valence-corrected chi connectivity index (χ2v) is 8.70. The van der Waals surface area contributed by atoms with Crippen LogP contribution in [0.3, 0.4) is 0 Å². The van der Waals surface area contributed by atoms with Crippen LogP contribution in [0.15, 0.2) is 40.9 Å². The van der Waals surface area contributed by atoms with Crippen molar-refractivity contribution in [3.05, 3.63) is 53.2 Å². The van der Waals surface area contributed by atoms with Crippen LogP contribution in [-0.4, -0.2) is 59.5 Å². The first-order chi connectivity index (χ1) is 16.8. The van der Waals surface area contributed by atoms with Crippen molar-refractivity contribution in [3.8, 4) is 40.0 Å². The van der Waals surface area contributed by atoms with E-state index < -0.39 is 11.9 Å². The van der Waals surface area contributed by atoms with Gasteiger partial charge in [-0.3, -0.25) is 9.69 Å². The van der Waals surface area contributed by atoms with E-state index in [1.54, 1.807) is 6.07 Å². The highest BCUT2D eigenvalue weighted by Gasteiger charge is 2.28. The smallest absolute Gasteiger partial charge is 0.273 e. The van der Waals surface area contributed by atoms with Crippen molar-refractivity contribution in [1.29, 1.82) is 5.26 Å². The van der Waals surface area contributed by atoms with Crippen molar-refractivity contribution in [2.75, 3.05) is 33.4 Å². The van der Waals surface area contributed by atoms with Gasteiger partial charge >= 0.3 is 0 Å². The highest BCUT2D eigenvalue weighted by molar-refractivity contribution is 6.02. The molecule has 9 nitrogen and oxygen atoms in total. The fourth-order valence-electron chi connectivity index (χ4n) is 4.29. The Kier molecular flexibility index (Phi) is 7.05. The number of nitriles is 1. The molecule has 0 spiro atoms. The molecule has 1 atom stereocenters. The summed E-state index contributed by atoms with van der Waals surface area (Å²) in [6, 6.07) is 12.2. The SMILES string of the molecule is CNC(=O)c1noc(-c2cc(C(C)C)c(O)cc2O)c1-c1ccc(C(C#N)N2CCOCC2)cc1. The van der Waals surface area contributed by atoms with Crippen molar-refractivity contribution in [2.45, 2.75) is 25.8 Å². The average Bonchev–Trinajstić information content (AvgIpc) is 3.30. The molecule has 1 saturated heterocycles. The molecule has 1 aliphatic heterocycles. The Labute approximate surface area is 203 Å². The molecule has 1 amide bonds. The van der Waals surface area contributed by atoms with Crippen LogP contribution in [0.2, 0.25) is 0 Å². The first-order valence-corrected chi connectivity index (χ1v) is 11.5. The predicted molar refractivity (Wildman–Crippen MR) is 129 cm³/mol. The maximum atomic E-state index is 12.6. The predicted octanol–water partition coefficient (Wildman–Crippen LogP) is 3.80. The number of phenolic OH excluding ortho intramolecular Hbond substituents is 2. The number of nitrogens with one attached hydrogen (secondary N) is 1. The third-order valence-electron chi connectivity index (χ3n) is 6.19. The lowest BCUT2D eigenvalue weighted by Crippen LogP contribution is -2.38. The molecular formula is C26H28N4O5. The molecule has 1 aromatic heterocycles. The van der Waals surface area contributed by atoms with E-state index in [1.165, 1.54) is 13.1 Å². The van der Waals surface area contributed by atoms with Gasteiger partial charge in [0.2, 0.25) is 0 Å². The summed E-state index contributed by atoms with van der Waals surface area (Å²) in [6.45, 7) is 6.37. The minimum atomic E-state index is -0.440. The Hall–Kier alpha value is -3.87. The lowest BCUT2D eigenvalue weighted by molar-refractivity contribution is 0.0266. The molecule has 2 aromatic carbocycles. The molecule has 0 aliphatic carbocycles. The van der Waals surface area contributed by atoms with Crippen LogP contribution in [0.1, 0.15) is 47.4 Å². The number of benzene rings is 2. The number of aromatic hydroxyl groups is 2. The highest BCUT2D eigenvalue weighted by atomic mass is 16.5. The average molecular weight is 477 g/mol. The van der Waals surface area contributed by atoms with E-state index in [9.17, 15) is 20.3 Å². The lowest BCUT2D eigenvalue weighted by atomic mass is 9.93. The Morgan fingerprint density at radius 2 is 1.83 bits per heavy atom. The minimum absolute atomic E-state index is 0.0125. The summed E-state index contributed by atoms with van der Waals surface area (Å²) >= 11 is 0. The molecule has 3 aromatic rings. The topological polar surface area (TPSA) is 132 Å². The molecule has 0 radical (unpaired) electrons. The summed E-state index contributed by atoms with van der Waals surface area (Å²) in [5.74, 6) is -0.461. The van der Waals surface area contributed by atoms with E-state index in [2.05, 4.69) is 21.4 Å². The van der Waals surface area contributed by atoms with Gasteiger partial charge in [-0.2, -0.15) is 5.26 Å². The molecule has 0 bridgehead atoms. The molecule has 9 heteroatoms. The molecule has 1 aliphatic rings. The number of rotatable bonds is 6. The Morgan fingerprint density at radius 1 is 1.14 bits per heavy atom. The van der Waals surface area contributed by atoms with E-state index in [1.807, 2.05) is 38.1 Å². The number of amides is 1. The second kappa shape index (κ2) is 10.2. The molecule has 0 saturated carbocycles. The zero-order valence-corrected chi connectivity index (χ0v) is 19.9. The van der Waals surface area contributed by atoms with Gasteiger partial charge in [0.25, 0.3) is 5.91 Å². The molecule has 1 unspecified atom stereocenters. The van der Waals surface area contributed by atoms with Crippen LogP contribution < -0.4 is 5.32 Å². The summed E-state index contributed by atoms with van der Waals surface area (Å²) < 4.78 is 11.0. The highest BCUT2D eigenvalue weighted by Crippen LogP contribution is 2.43. The fraction of sp³-hybridized carbons (Fsp3) is 0.346. The van der Waals surface area contributed by atoms with Gasteiger partial charge in [0.05, 0.1) is 30.4 Å². The number of morpholine rings is 1. The van der Waals surface area contributed by atoms with Crippen LogP contribution in [-0.2, 0) is 4.74 Å². The maximum absolute atomic E-state index is 12.6. The number of nitrogens with zero attached hydrogens (tertiary/aromatic N) is 3. The van der Waals surface area contributed by atoms with Gasteiger partial charge in [0.15, 0.2) is 11.5 Å². The van der Waals surface area contributed by atoms with Gasteiger partial charge < -0.3 is 24.8 Å². The van der Waals surface area contributed by atoms with Crippen LogP contribution in [0, 0.1) is 11.3 Å². The van der Waals surface area contributed by atoms with Gasteiger partial charge in [-0.1, -0.05) is 43.3 Å². The fourth-order valence-corrected chi connectivity index (χ4v) is 4.29. The van der Waals surface area contributed by atoms with Crippen molar-refractivity contribution < 1.29 is 24.3 Å². The molecular weight excluding hydrogens is 448 g/mol. The van der Waals surface area contributed by atoms with E-state index in [4.69, 9.17) is 9.26 Å². The third kappa shape index (κ3) is 4.71. The van der Waals surface area contributed by atoms with E-state index in [0.29, 0.717) is 48.6 Å². The first-order valence-electron chi connectivity index (χ1n) is 11.5. The Bertz CT molecular complexity index is 1250. The quantitative estimate of drug-likeness (QED) is 0.489. The molecule has 1 fully saturated rings. The molecule has 182 valence electrons. The third-order valence-corrected chi connectivity index (χ3v) is 6.19. The lowest BCUT2D eigenvalue weighted by Gasteiger charge is -2.30. The van der Waals surface area contributed by atoms with Crippen LogP contribution >= 0.6 is 0 Å². The summed E-state index contributed by atoms with van der Waals surface area (Å²) in [5.41, 5.74) is 2.88. The van der Waals surface area contributed by atoms with Gasteiger partial charge in [0, 0.05) is 26.2 Å². The Morgan fingerprint density at radius 3 is 2.43 bits per heavy atom. The summed E-state index contributed by atoms with van der Waals surface area (Å²) in [4.78, 5) is 14.7. The number of aromatic nitrogens is 1. The van der Waals surface area contributed by atoms with E-state index >= 15 is 0 Å². The van der Waals surface area contributed by atoms with Crippen molar-refractivity contribution in [3.63, 3.8) is 0 Å². The standard InChI is InChI=1S/C26H28N4O5/c1-15(2)18-12-19(22(32)13-21(18)31)25-23(24(29-35-25)26(33)28-3)17-6-4-16(5-7-17)20(14-27)30-8-10-34-11-9-30/h4-7,12-13,15,20,31-32H,8-11H2,1-3H3,(H,28,33). The van der Waals surface area contributed by atoms with Gasteiger partial charge in [-0.25, -0.2) is 0 Å². The largest absolute Gasteiger partial charge is 0.508 e. The van der Waals surface area contributed by atoms with Crippen LogP contribution in [0.25, 0.3) is 22.5 Å². The molecule has 4 rings (SSSR count). The van der Waals surface area contributed by atoms with Gasteiger partial charge in [-0.05, 0) is 28.7 Å². The number of phenols is 2. The number of hydrogen-bond donors (Lipinski definition) is 3. The summed E-state index contributed by atoms with van der Waals surface area (Å²) in [7, 11) is 1.50. The van der Waals surface area contributed by atoms with E-state index in [0.717, 1.165) is 5.56 Å². The first kappa shape index (κ1) is 24.3. The number of ether oxygens (including phenoxy) is 1. The number of hydrogen-bond acceptors (Lipinski definition) is 8. The van der Waals surface area contributed by atoms with E-state index in [-0.39, 0.29) is 28.9 Å². The van der Waals surface area contributed by atoms with Crippen molar-refractivity contribution >= 4 is 5.91 Å². The number of carbonyl (C=O) groups is 1. The summed E-state index contributed by atoms with van der Waals surface area (Å²) in [5, 5.41) is 37.2. The van der Waals surface area contributed by atoms with Crippen molar-refractivity contribution in [2.24, 2.45) is 0 Å². The zero-order chi connectivity index (χ0) is 25.1. The number of carbonyl (C=O) groups excluding carboxylic acids is 1. The molecule has 3 N–H and O–H groups in total. The molecule has 35 heavy (non-hydrogen) atoms. The minimum Gasteiger partial charge on any atom is -0.508 e. The zero-order valence-electron chi connectivity index (χ0n) is 19.9. The maximum Gasteiger partial charge on any atom is 0.273 e. The second-order valence-electron chi connectivity index (χ2n) is 8.70. The van der Waals surface area contributed by atoms with Gasteiger partial charge in [-0.15, -0.1) is 0 Å². The van der Waals surface area contributed by atoms with Crippen LogP contribution in [0.4, 0.5) is 0 Å². The van der Waals surface area contributed by atoms with Crippen molar-refractivity contribution in [1.82, 2.24) is 15.4 Å². The normalized spacial score (nSPS) is 15.1. The van der Waals surface area contributed by atoms with Gasteiger partial charge in [0.1, 0.15) is 17.5 Å². The molecule has 2 heterocycles. The Balaban J connectivity index is 1.80. The van der Waals surface area contributed by atoms with Crippen LogP contribution in [0.5, 0.6) is 11.5 Å². The summed E-state index contributed by atoms with van der Waals surface area (Å²) in [6.07, 6.45) is 0.